The highest BCUT2D eigenvalue weighted by Crippen LogP contribution is 2.18. The third kappa shape index (κ3) is 3.16. The molecule has 0 aliphatic rings. The van der Waals surface area contributed by atoms with Gasteiger partial charge in [-0.2, -0.15) is 0 Å². The molecule has 0 spiro atoms. The van der Waals surface area contributed by atoms with Crippen molar-refractivity contribution in [1.82, 2.24) is 9.38 Å². The van der Waals surface area contributed by atoms with E-state index in [1.807, 2.05) is 0 Å². The van der Waals surface area contributed by atoms with E-state index in [2.05, 4.69) is 4.98 Å². The summed E-state index contributed by atoms with van der Waals surface area (Å²) in [4.78, 5) is 28.7. The van der Waals surface area contributed by atoms with E-state index in [-0.39, 0.29) is 23.4 Å². The van der Waals surface area contributed by atoms with Crippen molar-refractivity contribution in [3.05, 3.63) is 80.5 Å². The number of halogens is 2. The lowest BCUT2D eigenvalue weighted by molar-refractivity contribution is 0.0432. The van der Waals surface area contributed by atoms with E-state index in [0.29, 0.717) is 26.8 Å². The highest BCUT2D eigenvalue weighted by molar-refractivity contribution is 6.31. The van der Waals surface area contributed by atoms with Crippen molar-refractivity contribution in [3.63, 3.8) is 0 Å². The normalized spacial score (nSPS) is 11.2. The number of fused-ring (bicyclic) bond motifs is 2. The second-order valence-corrected chi connectivity index (χ2v) is 6.41. The first kappa shape index (κ1) is 16.6. The molecule has 3 aromatic heterocycles. The number of benzene rings is 1. The van der Waals surface area contributed by atoms with Crippen molar-refractivity contribution in [2.24, 2.45) is 0 Å². The van der Waals surface area contributed by atoms with Gasteiger partial charge in [-0.3, -0.25) is 4.79 Å². The van der Waals surface area contributed by atoms with Gasteiger partial charge >= 0.3 is 5.97 Å². The molecule has 0 atom stereocenters. The van der Waals surface area contributed by atoms with Gasteiger partial charge in [-0.1, -0.05) is 23.2 Å². The molecule has 0 aliphatic heterocycles. The van der Waals surface area contributed by atoms with Gasteiger partial charge in [-0.25, -0.2) is 9.78 Å². The van der Waals surface area contributed by atoms with Crippen LogP contribution in [0.15, 0.2) is 58.0 Å². The van der Waals surface area contributed by atoms with Gasteiger partial charge in [0.25, 0.3) is 0 Å². The number of nitrogens with zero attached hydrogens (tertiary/aromatic N) is 2. The zero-order chi connectivity index (χ0) is 18.3. The van der Waals surface area contributed by atoms with Crippen LogP contribution in [-0.4, -0.2) is 15.4 Å². The number of esters is 1. The average Bonchev–Trinajstić information content (AvgIpc) is 3.02. The van der Waals surface area contributed by atoms with Gasteiger partial charge in [0.1, 0.15) is 17.8 Å². The number of imidazole rings is 1. The first-order valence-electron chi connectivity index (χ1n) is 7.53. The molecular weight excluding hydrogens is 379 g/mol. The number of hydrogen-bond donors (Lipinski definition) is 0. The van der Waals surface area contributed by atoms with Gasteiger partial charge in [-0.15, -0.1) is 0 Å². The zero-order valence-corrected chi connectivity index (χ0v) is 14.6. The molecular formula is C18H10Cl2N2O4. The fraction of sp³-hybridized carbons (Fsp3) is 0.0556. The predicted octanol–water partition coefficient (Wildman–Crippen LogP) is 4.10. The largest absolute Gasteiger partial charge is 0.453 e. The molecule has 1 aromatic carbocycles. The topological polar surface area (TPSA) is 73.8 Å². The van der Waals surface area contributed by atoms with Crippen LogP contribution in [0.4, 0.5) is 0 Å². The first-order valence-corrected chi connectivity index (χ1v) is 8.29. The molecule has 8 heteroatoms. The number of rotatable bonds is 3. The number of pyridine rings is 1. The summed E-state index contributed by atoms with van der Waals surface area (Å²) in [6.07, 6.45) is 3.40. The van der Waals surface area contributed by atoms with Gasteiger partial charge < -0.3 is 13.6 Å². The highest BCUT2D eigenvalue weighted by Gasteiger charge is 2.15. The van der Waals surface area contributed by atoms with Gasteiger partial charge in [0.15, 0.2) is 5.43 Å². The van der Waals surface area contributed by atoms with E-state index in [0.717, 1.165) is 6.07 Å². The van der Waals surface area contributed by atoms with E-state index >= 15 is 0 Å². The SMILES string of the molecule is O=C(OCc1cn2cc(Cl)ccc2n1)c1cc(=O)c2cc(Cl)ccc2o1. The Labute approximate surface area is 156 Å². The van der Waals surface area contributed by atoms with Crippen LogP contribution in [0.3, 0.4) is 0 Å². The molecule has 4 aromatic rings. The molecule has 0 saturated heterocycles. The monoisotopic (exact) mass is 388 g/mol. The van der Waals surface area contributed by atoms with Gasteiger partial charge in [0, 0.05) is 23.5 Å². The minimum absolute atomic E-state index is 0.0690. The molecule has 3 heterocycles. The number of aromatic nitrogens is 2. The third-order valence-corrected chi connectivity index (χ3v) is 4.17. The zero-order valence-electron chi connectivity index (χ0n) is 13.1. The summed E-state index contributed by atoms with van der Waals surface area (Å²) in [5.74, 6) is -0.939. The van der Waals surface area contributed by atoms with Gasteiger partial charge in [0.2, 0.25) is 5.76 Å². The molecule has 130 valence electrons. The van der Waals surface area contributed by atoms with Crippen molar-refractivity contribution < 1.29 is 13.9 Å². The molecule has 0 fully saturated rings. The van der Waals surface area contributed by atoms with E-state index in [4.69, 9.17) is 32.4 Å². The lowest BCUT2D eigenvalue weighted by Gasteiger charge is -2.03. The Bertz CT molecular complexity index is 1210. The molecule has 0 N–H and O–H groups in total. The minimum Gasteiger partial charge on any atom is -0.453 e. The van der Waals surface area contributed by atoms with Crippen molar-refractivity contribution in [1.29, 1.82) is 0 Å². The van der Waals surface area contributed by atoms with Crippen molar-refractivity contribution in [2.75, 3.05) is 0 Å². The number of carbonyl (C=O) groups is 1. The van der Waals surface area contributed by atoms with Crippen LogP contribution in [0.1, 0.15) is 16.2 Å². The maximum Gasteiger partial charge on any atom is 0.374 e. The standard InChI is InChI=1S/C18H10Cl2N2O4/c19-10-1-3-15-13(5-10)14(23)6-16(26-15)18(24)25-9-12-8-22-7-11(20)2-4-17(22)21-12/h1-8H,9H2. The fourth-order valence-electron chi connectivity index (χ4n) is 2.53. The molecule has 26 heavy (non-hydrogen) atoms. The number of carbonyl (C=O) groups excluding carboxylic acids is 1. The summed E-state index contributed by atoms with van der Waals surface area (Å²) in [5, 5.41) is 1.27. The van der Waals surface area contributed by atoms with Crippen LogP contribution in [0.25, 0.3) is 16.6 Å². The van der Waals surface area contributed by atoms with Crippen molar-refractivity contribution in [2.45, 2.75) is 6.61 Å². The van der Waals surface area contributed by atoms with Crippen LogP contribution in [0.5, 0.6) is 0 Å². The summed E-state index contributed by atoms with van der Waals surface area (Å²) < 4.78 is 12.4. The van der Waals surface area contributed by atoms with E-state index < -0.39 is 5.97 Å². The van der Waals surface area contributed by atoms with Crippen LogP contribution < -0.4 is 5.43 Å². The summed E-state index contributed by atoms with van der Waals surface area (Å²) in [6.45, 7) is -0.0690. The molecule has 6 nitrogen and oxygen atoms in total. The highest BCUT2D eigenvalue weighted by atomic mass is 35.5. The summed E-state index contributed by atoms with van der Waals surface area (Å²) in [7, 11) is 0. The van der Waals surface area contributed by atoms with Crippen LogP contribution in [-0.2, 0) is 11.3 Å². The smallest absolute Gasteiger partial charge is 0.374 e. The molecule has 0 saturated carbocycles. The van der Waals surface area contributed by atoms with Gasteiger partial charge in [0.05, 0.1) is 16.1 Å². The van der Waals surface area contributed by atoms with Gasteiger partial charge in [-0.05, 0) is 30.3 Å². The molecule has 0 aliphatic carbocycles. The molecule has 0 radical (unpaired) electrons. The Morgan fingerprint density at radius 3 is 2.77 bits per heavy atom. The first-order chi connectivity index (χ1) is 12.5. The molecule has 4 rings (SSSR count). The lowest BCUT2D eigenvalue weighted by Crippen LogP contribution is -2.10. The Hall–Kier alpha value is -2.83. The van der Waals surface area contributed by atoms with E-state index in [1.54, 1.807) is 35.0 Å². The van der Waals surface area contributed by atoms with Crippen LogP contribution >= 0.6 is 23.2 Å². The maximum absolute atomic E-state index is 12.2. The Morgan fingerprint density at radius 1 is 1.12 bits per heavy atom. The minimum atomic E-state index is -0.756. The Balaban J connectivity index is 1.56. The van der Waals surface area contributed by atoms with E-state index in [9.17, 15) is 9.59 Å². The number of hydrogen-bond acceptors (Lipinski definition) is 5. The van der Waals surface area contributed by atoms with Crippen LogP contribution in [0.2, 0.25) is 10.0 Å². The van der Waals surface area contributed by atoms with E-state index in [1.165, 1.54) is 12.1 Å². The Morgan fingerprint density at radius 2 is 1.92 bits per heavy atom. The second-order valence-electron chi connectivity index (χ2n) is 5.54. The molecule has 0 amide bonds. The quantitative estimate of drug-likeness (QED) is 0.493. The van der Waals surface area contributed by atoms with Crippen LogP contribution in [0, 0.1) is 0 Å². The maximum atomic E-state index is 12.2. The lowest BCUT2D eigenvalue weighted by atomic mass is 10.2. The second kappa shape index (κ2) is 6.48. The average molecular weight is 389 g/mol. The Kier molecular flexibility index (Phi) is 4.14. The molecule has 0 bridgehead atoms. The summed E-state index contributed by atoms with van der Waals surface area (Å²) in [6, 6.07) is 9.15. The fourth-order valence-corrected chi connectivity index (χ4v) is 2.87. The van der Waals surface area contributed by atoms with Crippen molar-refractivity contribution >= 4 is 45.8 Å². The summed E-state index contributed by atoms with van der Waals surface area (Å²) >= 11 is 11.8. The third-order valence-electron chi connectivity index (χ3n) is 3.71. The van der Waals surface area contributed by atoms with Crippen molar-refractivity contribution in [3.8, 4) is 0 Å². The predicted molar refractivity (Wildman–Crippen MR) is 96.8 cm³/mol. The summed E-state index contributed by atoms with van der Waals surface area (Å²) in [5.41, 5.74) is 1.10. The number of ether oxygens (including phenoxy) is 1. The molecule has 0 unspecified atom stereocenters.